The summed E-state index contributed by atoms with van der Waals surface area (Å²) in [6.07, 6.45) is 8.11. The topological polar surface area (TPSA) is 35.2 Å². The van der Waals surface area contributed by atoms with E-state index in [1.807, 2.05) is 0 Å². The van der Waals surface area contributed by atoms with Crippen LogP contribution in [-0.2, 0) is 0 Å². The molecule has 2 aliphatic carbocycles. The zero-order valence-corrected chi connectivity index (χ0v) is 12.8. The van der Waals surface area contributed by atoms with E-state index >= 15 is 0 Å². The average molecular weight is 273 g/mol. The lowest BCUT2D eigenvalue weighted by atomic mass is 9.65. The Balaban J connectivity index is 1.70. The first-order chi connectivity index (χ1) is 9.56. The summed E-state index contributed by atoms with van der Waals surface area (Å²) in [7, 11) is 0. The van der Waals surface area contributed by atoms with Gasteiger partial charge in [-0.15, -0.1) is 0 Å². The zero-order valence-electron chi connectivity index (χ0n) is 12.8. The smallest absolute Gasteiger partial charge is 0.119 e. The fourth-order valence-corrected chi connectivity index (χ4v) is 3.57. The van der Waals surface area contributed by atoms with Crippen LogP contribution in [0, 0.1) is 11.3 Å². The van der Waals surface area contributed by atoms with E-state index in [0.717, 1.165) is 5.75 Å². The van der Waals surface area contributed by atoms with E-state index in [0.29, 0.717) is 17.4 Å². The molecular formula is C18H27NO. The van der Waals surface area contributed by atoms with Crippen molar-refractivity contribution >= 4 is 0 Å². The van der Waals surface area contributed by atoms with Gasteiger partial charge >= 0.3 is 0 Å². The van der Waals surface area contributed by atoms with Gasteiger partial charge in [-0.05, 0) is 54.7 Å². The first-order valence-electron chi connectivity index (χ1n) is 8.08. The quantitative estimate of drug-likeness (QED) is 0.880. The van der Waals surface area contributed by atoms with Crippen molar-refractivity contribution in [1.29, 1.82) is 0 Å². The highest BCUT2D eigenvalue weighted by Gasteiger charge is 2.36. The molecule has 0 aromatic heterocycles. The molecule has 2 heteroatoms. The lowest BCUT2D eigenvalue weighted by molar-refractivity contribution is 0.112. The first kappa shape index (κ1) is 13.9. The van der Waals surface area contributed by atoms with Crippen LogP contribution in [0.5, 0.6) is 5.75 Å². The second-order valence-electron chi connectivity index (χ2n) is 7.25. The molecule has 0 amide bonds. The van der Waals surface area contributed by atoms with Gasteiger partial charge < -0.3 is 10.5 Å². The SMILES string of the molecule is CC1(C)CCCCC1C(N)c1ccc(OC2CC2)cc1. The second-order valence-corrected chi connectivity index (χ2v) is 7.25. The van der Waals surface area contributed by atoms with Gasteiger partial charge in [0.15, 0.2) is 0 Å². The van der Waals surface area contributed by atoms with E-state index in [9.17, 15) is 0 Å². The van der Waals surface area contributed by atoms with Gasteiger partial charge in [0.25, 0.3) is 0 Å². The lowest BCUT2D eigenvalue weighted by Gasteiger charge is -2.42. The average Bonchev–Trinajstić information content (AvgIpc) is 3.22. The second kappa shape index (κ2) is 5.40. The Bertz CT molecular complexity index is 447. The summed E-state index contributed by atoms with van der Waals surface area (Å²) < 4.78 is 5.81. The summed E-state index contributed by atoms with van der Waals surface area (Å²) in [4.78, 5) is 0. The minimum Gasteiger partial charge on any atom is -0.490 e. The molecule has 0 aliphatic heterocycles. The van der Waals surface area contributed by atoms with Gasteiger partial charge in [-0.25, -0.2) is 0 Å². The predicted octanol–water partition coefficient (Wildman–Crippen LogP) is 4.44. The Morgan fingerprint density at radius 1 is 1.10 bits per heavy atom. The third-order valence-corrected chi connectivity index (χ3v) is 5.12. The van der Waals surface area contributed by atoms with E-state index in [-0.39, 0.29) is 6.04 Å². The van der Waals surface area contributed by atoms with Crippen molar-refractivity contribution < 1.29 is 4.74 Å². The van der Waals surface area contributed by atoms with Crippen LogP contribution >= 0.6 is 0 Å². The van der Waals surface area contributed by atoms with Crippen molar-refractivity contribution in [2.45, 2.75) is 64.5 Å². The fourth-order valence-electron chi connectivity index (χ4n) is 3.57. The fraction of sp³-hybridized carbons (Fsp3) is 0.667. The van der Waals surface area contributed by atoms with Crippen molar-refractivity contribution in [3.63, 3.8) is 0 Å². The summed E-state index contributed by atoms with van der Waals surface area (Å²) in [6, 6.07) is 8.65. The molecule has 1 aromatic rings. The molecule has 0 saturated heterocycles. The first-order valence-corrected chi connectivity index (χ1v) is 8.08. The molecule has 0 radical (unpaired) electrons. The molecule has 0 bridgehead atoms. The highest BCUT2D eigenvalue weighted by molar-refractivity contribution is 5.30. The molecule has 2 atom stereocenters. The Morgan fingerprint density at radius 2 is 1.80 bits per heavy atom. The van der Waals surface area contributed by atoms with Gasteiger partial charge in [0.05, 0.1) is 6.10 Å². The summed E-state index contributed by atoms with van der Waals surface area (Å²) in [5, 5.41) is 0. The Hall–Kier alpha value is -1.02. The molecule has 2 fully saturated rings. The molecule has 1 aromatic carbocycles. The predicted molar refractivity (Wildman–Crippen MR) is 82.8 cm³/mol. The molecule has 110 valence electrons. The van der Waals surface area contributed by atoms with Crippen molar-refractivity contribution in [2.24, 2.45) is 17.1 Å². The van der Waals surface area contributed by atoms with Crippen LogP contribution in [0.2, 0.25) is 0 Å². The van der Waals surface area contributed by atoms with Crippen molar-refractivity contribution in [2.75, 3.05) is 0 Å². The highest BCUT2D eigenvalue weighted by Crippen LogP contribution is 2.46. The summed E-state index contributed by atoms with van der Waals surface area (Å²) in [5.41, 5.74) is 8.19. The molecule has 3 rings (SSSR count). The highest BCUT2D eigenvalue weighted by atomic mass is 16.5. The van der Waals surface area contributed by atoms with Gasteiger partial charge in [-0.3, -0.25) is 0 Å². The molecule has 2 N–H and O–H groups in total. The minimum absolute atomic E-state index is 0.153. The molecule has 0 spiro atoms. The summed E-state index contributed by atoms with van der Waals surface area (Å²) >= 11 is 0. The Kier molecular flexibility index (Phi) is 3.76. The van der Waals surface area contributed by atoms with Crippen LogP contribution in [0.3, 0.4) is 0 Å². The number of benzene rings is 1. The summed E-state index contributed by atoms with van der Waals surface area (Å²) in [5.74, 6) is 1.58. The van der Waals surface area contributed by atoms with Gasteiger partial charge in [0, 0.05) is 6.04 Å². The normalized spacial score (nSPS) is 27.1. The van der Waals surface area contributed by atoms with Crippen LogP contribution in [-0.4, -0.2) is 6.10 Å². The molecule has 2 unspecified atom stereocenters. The monoisotopic (exact) mass is 273 g/mol. The van der Waals surface area contributed by atoms with Crippen LogP contribution in [0.4, 0.5) is 0 Å². The van der Waals surface area contributed by atoms with Gasteiger partial charge in [0.2, 0.25) is 0 Å². The number of nitrogens with two attached hydrogens (primary N) is 1. The maximum atomic E-state index is 6.57. The van der Waals surface area contributed by atoms with Crippen molar-refractivity contribution in [3.05, 3.63) is 29.8 Å². The third kappa shape index (κ3) is 3.01. The lowest BCUT2D eigenvalue weighted by Crippen LogP contribution is -2.36. The maximum absolute atomic E-state index is 6.57. The molecule has 2 nitrogen and oxygen atoms in total. The Morgan fingerprint density at radius 3 is 2.40 bits per heavy atom. The van der Waals surface area contributed by atoms with Crippen LogP contribution in [0.25, 0.3) is 0 Å². The van der Waals surface area contributed by atoms with E-state index in [1.54, 1.807) is 0 Å². The van der Waals surface area contributed by atoms with E-state index in [4.69, 9.17) is 10.5 Å². The zero-order chi connectivity index (χ0) is 14.2. The van der Waals surface area contributed by atoms with Crippen molar-refractivity contribution in [1.82, 2.24) is 0 Å². The van der Waals surface area contributed by atoms with E-state index < -0.39 is 0 Å². The summed E-state index contributed by atoms with van der Waals surface area (Å²) in [6.45, 7) is 4.75. The van der Waals surface area contributed by atoms with Crippen LogP contribution in [0.15, 0.2) is 24.3 Å². The molecule has 2 aliphatic rings. The number of rotatable bonds is 4. The number of hydrogen-bond acceptors (Lipinski definition) is 2. The molecule has 0 heterocycles. The van der Waals surface area contributed by atoms with Gasteiger partial charge in [-0.2, -0.15) is 0 Å². The standard InChI is InChI=1S/C18H27NO/c1-18(2)12-4-3-5-16(18)17(19)13-6-8-14(9-7-13)20-15-10-11-15/h6-9,15-17H,3-5,10-12,19H2,1-2H3. The largest absolute Gasteiger partial charge is 0.490 e. The van der Waals surface area contributed by atoms with E-state index in [2.05, 4.69) is 38.1 Å². The minimum atomic E-state index is 0.153. The van der Waals surface area contributed by atoms with Gasteiger partial charge in [0.1, 0.15) is 5.75 Å². The van der Waals surface area contributed by atoms with Crippen LogP contribution in [0.1, 0.15) is 64.0 Å². The molecule has 2 saturated carbocycles. The Labute approximate surface area is 122 Å². The molecular weight excluding hydrogens is 246 g/mol. The number of hydrogen-bond donors (Lipinski definition) is 1. The number of ether oxygens (including phenoxy) is 1. The molecule has 20 heavy (non-hydrogen) atoms. The third-order valence-electron chi connectivity index (χ3n) is 5.12. The van der Waals surface area contributed by atoms with Crippen molar-refractivity contribution in [3.8, 4) is 5.75 Å². The maximum Gasteiger partial charge on any atom is 0.119 e. The van der Waals surface area contributed by atoms with Gasteiger partial charge in [-0.1, -0.05) is 38.8 Å². The van der Waals surface area contributed by atoms with E-state index in [1.165, 1.54) is 44.1 Å². The van der Waals surface area contributed by atoms with Crippen LogP contribution < -0.4 is 10.5 Å².